The molecular formula is C10H14BrO3P. The molecule has 2 N–H and O–H groups in total. The average molecular weight is 293 g/mol. The number of hydrogen-bond acceptors (Lipinski definition) is 1. The van der Waals surface area contributed by atoms with E-state index in [1.54, 1.807) is 6.07 Å². The van der Waals surface area contributed by atoms with Crippen LogP contribution in [-0.4, -0.2) is 9.79 Å². The molecule has 0 aliphatic heterocycles. The number of rotatable bonds is 3. The van der Waals surface area contributed by atoms with E-state index in [1.807, 2.05) is 13.8 Å². The normalized spacial score (nSPS) is 11.8. The highest BCUT2D eigenvalue weighted by Crippen LogP contribution is 2.37. The third-order valence-electron chi connectivity index (χ3n) is 2.37. The van der Waals surface area contributed by atoms with Gasteiger partial charge in [-0.1, -0.05) is 29.8 Å². The first-order chi connectivity index (χ1) is 6.91. The van der Waals surface area contributed by atoms with Crippen molar-refractivity contribution >= 4 is 28.8 Å². The first kappa shape index (κ1) is 12.9. The van der Waals surface area contributed by atoms with Crippen LogP contribution in [0, 0.1) is 0 Å². The lowest BCUT2D eigenvalue weighted by Gasteiger charge is -2.15. The Morgan fingerprint density at radius 1 is 1.20 bits per heavy atom. The van der Waals surface area contributed by atoms with Gasteiger partial charge in [0.25, 0.3) is 0 Å². The molecule has 1 rings (SSSR count). The summed E-state index contributed by atoms with van der Waals surface area (Å²) in [6, 6.07) is 3.20. The summed E-state index contributed by atoms with van der Waals surface area (Å²) in [4.78, 5) is 18.4. The van der Waals surface area contributed by atoms with Gasteiger partial charge in [0, 0.05) is 4.47 Å². The summed E-state index contributed by atoms with van der Waals surface area (Å²) in [5.74, 6) is 0. The van der Waals surface area contributed by atoms with Gasteiger partial charge in [0.05, 0.1) is 5.30 Å². The predicted octanol–water partition coefficient (Wildman–Crippen LogP) is 2.38. The predicted molar refractivity (Wildman–Crippen MR) is 64.6 cm³/mol. The number of benzene rings is 1. The van der Waals surface area contributed by atoms with Crippen LogP contribution in [0.4, 0.5) is 0 Å². The smallest absolute Gasteiger partial charge is 0.321 e. The van der Waals surface area contributed by atoms with Gasteiger partial charge in [-0.15, -0.1) is 0 Å². The van der Waals surface area contributed by atoms with Crippen LogP contribution in [0.1, 0.15) is 25.0 Å². The van der Waals surface area contributed by atoms with Crippen molar-refractivity contribution in [2.45, 2.75) is 26.7 Å². The van der Waals surface area contributed by atoms with E-state index in [4.69, 9.17) is 0 Å². The molecule has 0 fully saturated rings. The quantitative estimate of drug-likeness (QED) is 0.841. The van der Waals surface area contributed by atoms with Crippen molar-refractivity contribution in [2.75, 3.05) is 0 Å². The molecule has 84 valence electrons. The number of hydrogen-bond donors (Lipinski definition) is 2. The Labute approximate surface area is 97.8 Å². The molecule has 3 nitrogen and oxygen atoms in total. The van der Waals surface area contributed by atoms with E-state index >= 15 is 0 Å². The van der Waals surface area contributed by atoms with E-state index in [2.05, 4.69) is 15.9 Å². The Morgan fingerprint density at radius 2 is 1.73 bits per heavy atom. The summed E-state index contributed by atoms with van der Waals surface area (Å²) in [7, 11) is -4.15. The van der Waals surface area contributed by atoms with Gasteiger partial charge < -0.3 is 9.79 Å². The summed E-state index contributed by atoms with van der Waals surface area (Å²) in [5.41, 5.74) is 1.75. The largest absolute Gasteiger partial charge is 0.356 e. The Balaban J connectivity index is 3.49. The minimum atomic E-state index is -4.15. The molecule has 1 aromatic carbocycles. The zero-order valence-electron chi connectivity index (χ0n) is 8.70. The second-order valence-corrected chi connectivity index (χ2v) is 5.70. The van der Waals surface area contributed by atoms with Crippen molar-refractivity contribution in [2.24, 2.45) is 0 Å². The van der Waals surface area contributed by atoms with Gasteiger partial charge >= 0.3 is 7.60 Å². The van der Waals surface area contributed by atoms with Crippen molar-refractivity contribution in [1.29, 1.82) is 0 Å². The van der Waals surface area contributed by atoms with Crippen LogP contribution >= 0.6 is 23.5 Å². The van der Waals surface area contributed by atoms with Gasteiger partial charge in [-0.25, -0.2) is 0 Å². The highest BCUT2D eigenvalue weighted by Gasteiger charge is 2.23. The van der Waals surface area contributed by atoms with Gasteiger partial charge in [0.2, 0.25) is 0 Å². The molecule has 5 heteroatoms. The van der Waals surface area contributed by atoms with Crippen LogP contribution in [0.3, 0.4) is 0 Å². The summed E-state index contributed by atoms with van der Waals surface area (Å²) in [6.45, 7) is 3.88. The summed E-state index contributed by atoms with van der Waals surface area (Å²) in [5, 5.41) is 0.157. The molecule has 0 saturated carbocycles. The van der Waals surface area contributed by atoms with Crippen LogP contribution in [0.25, 0.3) is 0 Å². The zero-order chi connectivity index (χ0) is 11.6. The van der Waals surface area contributed by atoms with Gasteiger partial charge in [0.15, 0.2) is 0 Å². The lowest BCUT2D eigenvalue weighted by molar-refractivity contribution is 0.387. The van der Waals surface area contributed by atoms with E-state index < -0.39 is 7.60 Å². The second kappa shape index (κ2) is 4.79. The molecule has 0 heterocycles. The van der Waals surface area contributed by atoms with Gasteiger partial charge in [-0.05, 0) is 36.1 Å². The third kappa shape index (κ3) is 2.70. The molecule has 0 spiro atoms. The molecule has 0 radical (unpaired) electrons. The molecule has 0 bridgehead atoms. The van der Waals surface area contributed by atoms with Gasteiger partial charge in [0.1, 0.15) is 0 Å². The lowest BCUT2D eigenvalue weighted by Crippen LogP contribution is -2.13. The Morgan fingerprint density at radius 3 is 2.13 bits per heavy atom. The molecule has 0 aliphatic carbocycles. The van der Waals surface area contributed by atoms with E-state index in [0.29, 0.717) is 6.42 Å². The van der Waals surface area contributed by atoms with E-state index in [0.717, 1.165) is 22.0 Å². The van der Waals surface area contributed by atoms with Crippen molar-refractivity contribution in [3.8, 4) is 0 Å². The molecule has 0 atom stereocenters. The van der Waals surface area contributed by atoms with Gasteiger partial charge in [-0.3, -0.25) is 4.57 Å². The van der Waals surface area contributed by atoms with Crippen molar-refractivity contribution in [1.82, 2.24) is 0 Å². The highest BCUT2D eigenvalue weighted by molar-refractivity contribution is 9.10. The van der Waals surface area contributed by atoms with Crippen molar-refractivity contribution < 1.29 is 14.4 Å². The highest BCUT2D eigenvalue weighted by atomic mass is 79.9. The molecule has 15 heavy (non-hydrogen) atoms. The standard InChI is InChI=1S/C10H14BrO3P/c1-3-7-8(4-2)10(15(12,13)14)6-5-9(7)11/h5-6H,3-4H2,1-2H3,(H2,12,13,14). The second-order valence-electron chi connectivity index (χ2n) is 3.27. The van der Waals surface area contributed by atoms with Crippen LogP contribution in [-0.2, 0) is 17.4 Å². The first-order valence-electron chi connectivity index (χ1n) is 4.78. The van der Waals surface area contributed by atoms with Gasteiger partial charge in [-0.2, -0.15) is 0 Å². The van der Waals surface area contributed by atoms with Crippen LogP contribution in [0.2, 0.25) is 0 Å². The topological polar surface area (TPSA) is 57.5 Å². The minimum Gasteiger partial charge on any atom is -0.321 e. The average Bonchev–Trinajstić information content (AvgIpc) is 2.15. The Bertz CT molecular complexity index is 411. The maximum atomic E-state index is 11.3. The molecule has 0 amide bonds. The van der Waals surface area contributed by atoms with E-state index in [9.17, 15) is 14.4 Å². The third-order valence-corrected chi connectivity index (χ3v) is 4.16. The summed E-state index contributed by atoms with van der Waals surface area (Å²) >= 11 is 3.40. The first-order valence-corrected chi connectivity index (χ1v) is 7.18. The van der Waals surface area contributed by atoms with E-state index in [1.165, 1.54) is 6.07 Å². The molecule has 1 aromatic rings. The lowest BCUT2D eigenvalue weighted by atomic mass is 10.0. The fourth-order valence-electron chi connectivity index (χ4n) is 1.70. The van der Waals surface area contributed by atoms with Crippen LogP contribution in [0.5, 0.6) is 0 Å². The van der Waals surface area contributed by atoms with Crippen LogP contribution in [0.15, 0.2) is 16.6 Å². The molecule has 0 saturated heterocycles. The zero-order valence-corrected chi connectivity index (χ0v) is 11.2. The summed E-state index contributed by atoms with van der Waals surface area (Å²) < 4.78 is 12.2. The maximum Gasteiger partial charge on any atom is 0.356 e. The van der Waals surface area contributed by atoms with E-state index in [-0.39, 0.29) is 5.30 Å². The number of halogens is 1. The Hall–Kier alpha value is -0.150. The Kier molecular flexibility index (Phi) is 4.13. The maximum absolute atomic E-state index is 11.3. The molecule has 0 aliphatic rings. The monoisotopic (exact) mass is 292 g/mol. The fraction of sp³-hybridized carbons (Fsp3) is 0.400. The van der Waals surface area contributed by atoms with Crippen molar-refractivity contribution in [3.05, 3.63) is 27.7 Å². The molecule has 0 unspecified atom stereocenters. The summed E-state index contributed by atoms with van der Waals surface area (Å²) in [6.07, 6.45) is 1.39. The minimum absolute atomic E-state index is 0.157. The van der Waals surface area contributed by atoms with Crippen LogP contribution < -0.4 is 5.30 Å². The fourth-order valence-corrected chi connectivity index (χ4v) is 3.27. The van der Waals surface area contributed by atoms with Crippen molar-refractivity contribution in [3.63, 3.8) is 0 Å². The molecular weight excluding hydrogens is 279 g/mol. The SMILES string of the molecule is CCc1c(Br)ccc(P(=O)(O)O)c1CC. The molecule has 0 aromatic heterocycles.